The van der Waals surface area contributed by atoms with Crippen LogP contribution in [0.4, 0.5) is 5.69 Å². The summed E-state index contributed by atoms with van der Waals surface area (Å²) in [5, 5.41) is 0. The van der Waals surface area contributed by atoms with Gasteiger partial charge in [-0.05, 0) is 36.8 Å². The smallest absolute Gasteiger partial charge is 0.274 e. The molecule has 1 aliphatic rings. The Hall–Kier alpha value is -1.59. The fraction of sp³-hybridized carbons (Fsp3) is 0.235. The molecule has 1 heterocycles. The van der Waals surface area contributed by atoms with Crippen molar-refractivity contribution in [1.82, 2.24) is 0 Å². The molecule has 0 bridgehead atoms. The highest BCUT2D eigenvalue weighted by Crippen LogP contribution is 2.52. The molecule has 1 aliphatic heterocycles. The molecule has 3 nitrogen and oxygen atoms in total. The molecule has 2 aromatic rings. The lowest BCUT2D eigenvalue weighted by Crippen LogP contribution is -2.73. The van der Waals surface area contributed by atoms with Gasteiger partial charge in [0.15, 0.2) is 4.20 Å². The number of nitrogens with zero attached hydrogens (tertiary/aromatic N) is 1. The summed E-state index contributed by atoms with van der Waals surface area (Å²) < 4.78 is 5.54. The maximum absolute atomic E-state index is 12.7. The van der Waals surface area contributed by atoms with Crippen LogP contribution in [0.15, 0.2) is 60.7 Å². The first-order chi connectivity index (χ1) is 10.7. The predicted octanol–water partition coefficient (Wildman–Crippen LogP) is 3.86. The van der Waals surface area contributed by atoms with Crippen molar-refractivity contribution in [2.75, 3.05) is 17.4 Å². The number of β-lactam (4-membered cyclic amide) rings is 1. The Morgan fingerprint density at radius 2 is 1.50 bits per heavy atom. The van der Waals surface area contributed by atoms with Gasteiger partial charge in [0.2, 0.25) is 6.10 Å². The van der Waals surface area contributed by atoms with Crippen LogP contribution >= 0.6 is 23.5 Å². The highest BCUT2D eigenvalue weighted by molar-refractivity contribution is 8.18. The van der Waals surface area contributed by atoms with Crippen molar-refractivity contribution >= 4 is 35.1 Å². The molecule has 1 amide bonds. The fourth-order valence-corrected chi connectivity index (χ4v) is 4.75. The van der Waals surface area contributed by atoms with Crippen molar-refractivity contribution in [3.05, 3.63) is 60.7 Å². The van der Waals surface area contributed by atoms with Crippen molar-refractivity contribution in [1.29, 1.82) is 0 Å². The van der Waals surface area contributed by atoms with Crippen molar-refractivity contribution in [3.8, 4) is 5.75 Å². The Labute approximate surface area is 139 Å². The van der Waals surface area contributed by atoms with Crippen LogP contribution in [0.2, 0.25) is 0 Å². The van der Waals surface area contributed by atoms with Crippen LogP contribution < -0.4 is 9.64 Å². The van der Waals surface area contributed by atoms with Gasteiger partial charge in [-0.3, -0.25) is 9.69 Å². The highest BCUT2D eigenvalue weighted by Gasteiger charge is 2.62. The maximum Gasteiger partial charge on any atom is 0.274 e. The SMILES string of the molecule is CSC1(SC)[C@@H](Oc2ccccc2)C(=O)N1c1ccccc1. The van der Waals surface area contributed by atoms with E-state index in [1.165, 1.54) is 0 Å². The minimum Gasteiger partial charge on any atom is -0.476 e. The number of carbonyl (C=O) groups is 1. The minimum absolute atomic E-state index is 0.00115. The van der Waals surface area contributed by atoms with Crippen LogP contribution in [-0.2, 0) is 4.79 Å². The van der Waals surface area contributed by atoms with E-state index in [9.17, 15) is 4.79 Å². The molecule has 1 saturated heterocycles. The van der Waals surface area contributed by atoms with E-state index in [4.69, 9.17) is 4.74 Å². The summed E-state index contributed by atoms with van der Waals surface area (Å²) in [6.07, 6.45) is 3.54. The molecule has 0 spiro atoms. The van der Waals surface area contributed by atoms with E-state index in [1.54, 1.807) is 23.5 Å². The van der Waals surface area contributed by atoms with E-state index in [-0.39, 0.29) is 5.91 Å². The molecule has 0 saturated carbocycles. The zero-order chi connectivity index (χ0) is 15.6. The number of amides is 1. The quantitative estimate of drug-likeness (QED) is 0.615. The Balaban J connectivity index is 1.91. The highest BCUT2D eigenvalue weighted by atomic mass is 32.2. The van der Waals surface area contributed by atoms with Gasteiger partial charge < -0.3 is 4.74 Å². The second-order valence-corrected chi connectivity index (χ2v) is 7.18. The summed E-state index contributed by atoms with van der Waals surface area (Å²) in [5.74, 6) is 0.722. The van der Waals surface area contributed by atoms with E-state index in [0.29, 0.717) is 0 Å². The Kier molecular flexibility index (Phi) is 4.36. The van der Waals surface area contributed by atoms with Gasteiger partial charge in [0, 0.05) is 5.69 Å². The monoisotopic (exact) mass is 331 g/mol. The molecule has 1 atom stereocenters. The molecular formula is C17H17NO2S2. The Morgan fingerprint density at radius 3 is 2.05 bits per heavy atom. The van der Waals surface area contributed by atoms with E-state index >= 15 is 0 Å². The summed E-state index contributed by atoms with van der Waals surface area (Å²) in [7, 11) is 0. The zero-order valence-corrected chi connectivity index (χ0v) is 14.1. The molecule has 0 aliphatic carbocycles. The normalized spacial score (nSPS) is 19.6. The average molecular weight is 331 g/mol. The van der Waals surface area contributed by atoms with Gasteiger partial charge in [0.25, 0.3) is 5.91 Å². The third-order valence-electron chi connectivity index (χ3n) is 3.68. The second kappa shape index (κ2) is 6.26. The van der Waals surface area contributed by atoms with Gasteiger partial charge in [-0.1, -0.05) is 36.4 Å². The second-order valence-electron chi connectivity index (χ2n) is 4.86. The fourth-order valence-electron chi connectivity index (χ4n) is 2.60. The lowest BCUT2D eigenvalue weighted by molar-refractivity contribution is -0.133. The van der Waals surface area contributed by atoms with Gasteiger partial charge in [-0.2, -0.15) is 0 Å². The summed E-state index contributed by atoms with van der Waals surface area (Å²) in [4.78, 5) is 14.5. The topological polar surface area (TPSA) is 29.5 Å². The van der Waals surface area contributed by atoms with Crippen LogP contribution in [-0.4, -0.2) is 28.7 Å². The van der Waals surface area contributed by atoms with Crippen LogP contribution in [0.3, 0.4) is 0 Å². The Morgan fingerprint density at radius 1 is 0.955 bits per heavy atom. The number of hydrogen-bond donors (Lipinski definition) is 0. The summed E-state index contributed by atoms with van der Waals surface area (Å²) in [6.45, 7) is 0. The molecular weight excluding hydrogens is 314 g/mol. The number of thioether (sulfide) groups is 2. The third-order valence-corrected chi connectivity index (χ3v) is 6.65. The van der Waals surface area contributed by atoms with E-state index in [0.717, 1.165) is 11.4 Å². The number of rotatable bonds is 5. The number of carbonyl (C=O) groups excluding carboxylic acids is 1. The first kappa shape index (κ1) is 15.3. The molecule has 5 heteroatoms. The van der Waals surface area contributed by atoms with Crippen molar-refractivity contribution in [2.24, 2.45) is 0 Å². The number of hydrogen-bond acceptors (Lipinski definition) is 4. The lowest BCUT2D eigenvalue weighted by Gasteiger charge is -2.54. The van der Waals surface area contributed by atoms with Crippen LogP contribution in [0.1, 0.15) is 0 Å². The summed E-state index contributed by atoms with van der Waals surface area (Å²) in [5.41, 5.74) is 0.907. The third kappa shape index (κ3) is 2.38. The molecule has 22 heavy (non-hydrogen) atoms. The average Bonchev–Trinajstić information content (AvgIpc) is 2.59. The first-order valence-corrected chi connectivity index (χ1v) is 9.39. The zero-order valence-electron chi connectivity index (χ0n) is 12.4. The van der Waals surface area contributed by atoms with Crippen LogP contribution in [0.25, 0.3) is 0 Å². The Bertz CT molecular complexity index is 644. The molecule has 2 aromatic carbocycles. The van der Waals surface area contributed by atoms with E-state index in [2.05, 4.69) is 0 Å². The number of para-hydroxylation sites is 2. The standard InChI is InChI=1S/C17H17NO2S2/c1-21-17(22-2)15(20-14-11-7-4-8-12-14)16(19)18(17)13-9-5-3-6-10-13/h3-12,15H,1-2H3/t15-/m0/s1. The summed E-state index contributed by atoms with van der Waals surface area (Å²) in [6, 6.07) is 19.3. The van der Waals surface area contributed by atoms with E-state index in [1.807, 2.05) is 78.1 Å². The predicted molar refractivity (Wildman–Crippen MR) is 94.5 cm³/mol. The lowest BCUT2D eigenvalue weighted by atomic mass is 10.1. The molecule has 1 fully saturated rings. The van der Waals surface area contributed by atoms with Gasteiger partial charge in [0.05, 0.1) is 0 Å². The molecule has 114 valence electrons. The van der Waals surface area contributed by atoms with Crippen molar-refractivity contribution < 1.29 is 9.53 Å². The molecule has 3 rings (SSSR count). The van der Waals surface area contributed by atoms with Gasteiger partial charge in [0.1, 0.15) is 5.75 Å². The van der Waals surface area contributed by atoms with Gasteiger partial charge in [-0.15, -0.1) is 23.5 Å². The molecule has 0 aromatic heterocycles. The first-order valence-electron chi connectivity index (χ1n) is 6.94. The maximum atomic E-state index is 12.7. The summed E-state index contributed by atoms with van der Waals surface area (Å²) >= 11 is 3.27. The minimum atomic E-state index is -0.486. The molecule has 0 unspecified atom stereocenters. The number of ether oxygens (including phenoxy) is 1. The van der Waals surface area contributed by atoms with Gasteiger partial charge >= 0.3 is 0 Å². The largest absolute Gasteiger partial charge is 0.476 e. The molecule has 0 N–H and O–H groups in total. The van der Waals surface area contributed by atoms with Crippen LogP contribution in [0, 0.1) is 0 Å². The van der Waals surface area contributed by atoms with E-state index < -0.39 is 10.3 Å². The van der Waals surface area contributed by atoms with Gasteiger partial charge in [-0.25, -0.2) is 0 Å². The number of anilines is 1. The number of benzene rings is 2. The van der Waals surface area contributed by atoms with Crippen molar-refractivity contribution in [2.45, 2.75) is 10.3 Å². The van der Waals surface area contributed by atoms with Crippen LogP contribution in [0.5, 0.6) is 5.75 Å². The molecule has 0 radical (unpaired) electrons. The van der Waals surface area contributed by atoms with Crippen molar-refractivity contribution in [3.63, 3.8) is 0 Å².